The van der Waals surface area contributed by atoms with Crippen LogP contribution in [-0.4, -0.2) is 40.2 Å². The molecule has 4 heteroatoms. The fraction of sp³-hybridized carbons (Fsp3) is 0.533. The van der Waals surface area contributed by atoms with E-state index in [0.29, 0.717) is 24.6 Å². The van der Waals surface area contributed by atoms with Gasteiger partial charge in [-0.25, -0.2) is 0 Å². The van der Waals surface area contributed by atoms with E-state index in [2.05, 4.69) is 0 Å². The van der Waals surface area contributed by atoms with Crippen molar-refractivity contribution in [3.8, 4) is 5.75 Å². The van der Waals surface area contributed by atoms with Crippen LogP contribution in [0.25, 0.3) is 0 Å². The maximum absolute atomic E-state index is 12.4. The Morgan fingerprint density at radius 1 is 1.37 bits per heavy atom. The highest BCUT2D eigenvalue weighted by Gasteiger charge is 2.26. The number of aromatic hydroxyl groups is 1. The zero-order chi connectivity index (χ0) is 14.0. The third kappa shape index (κ3) is 3.07. The second-order valence-electron chi connectivity index (χ2n) is 5.37. The van der Waals surface area contributed by atoms with Gasteiger partial charge in [0.15, 0.2) is 0 Å². The molecule has 0 bridgehead atoms. The summed E-state index contributed by atoms with van der Waals surface area (Å²) in [4.78, 5) is 14.2. The fourth-order valence-corrected chi connectivity index (χ4v) is 2.64. The minimum absolute atomic E-state index is 0.0153. The summed E-state index contributed by atoms with van der Waals surface area (Å²) >= 11 is 0. The number of phenolic OH excluding ortho intramolecular Hbond substituents is 1. The van der Waals surface area contributed by atoms with E-state index < -0.39 is 0 Å². The van der Waals surface area contributed by atoms with Gasteiger partial charge in [0.05, 0.1) is 6.10 Å². The van der Waals surface area contributed by atoms with Crippen LogP contribution >= 0.6 is 0 Å². The van der Waals surface area contributed by atoms with E-state index in [9.17, 15) is 15.0 Å². The number of amides is 1. The van der Waals surface area contributed by atoms with Crippen molar-refractivity contribution in [2.45, 2.75) is 32.8 Å². The molecule has 1 aliphatic heterocycles. The number of phenols is 1. The van der Waals surface area contributed by atoms with Gasteiger partial charge in [0.1, 0.15) is 5.75 Å². The molecule has 2 N–H and O–H groups in total. The Labute approximate surface area is 113 Å². The second kappa shape index (κ2) is 5.61. The molecule has 1 aliphatic rings. The lowest BCUT2D eigenvalue weighted by molar-refractivity contribution is 0.0521. The van der Waals surface area contributed by atoms with Crippen molar-refractivity contribution in [3.63, 3.8) is 0 Å². The largest absolute Gasteiger partial charge is 0.508 e. The maximum atomic E-state index is 12.4. The van der Waals surface area contributed by atoms with Gasteiger partial charge in [-0.1, -0.05) is 0 Å². The Balaban J connectivity index is 2.05. The minimum Gasteiger partial charge on any atom is -0.508 e. The van der Waals surface area contributed by atoms with E-state index in [-0.39, 0.29) is 17.8 Å². The molecule has 4 nitrogen and oxygen atoms in total. The summed E-state index contributed by atoms with van der Waals surface area (Å²) in [6.07, 6.45) is 1.40. The van der Waals surface area contributed by atoms with Crippen LogP contribution in [0.5, 0.6) is 5.75 Å². The number of hydrogen-bond donors (Lipinski definition) is 2. The Bertz CT molecular complexity index is 462. The molecule has 19 heavy (non-hydrogen) atoms. The Kier molecular flexibility index (Phi) is 4.10. The molecule has 1 aromatic carbocycles. The van der Waals surface area contributed by atoms with Gasteiger partial charge in [0.25, 0.3) is 5.91 Å². The molecule has 2 rings (SSSR count). The van der Waals surface area contributed by atoms with Gasteiger partial charge in [-0.15, -0.1) is 0 Å². The van der Waals surface area contributed by atoms with Crippen molar-refractivity contribution < 1.29 is 15.0 Å². The molecule has 1 aromatic rings. The SMILES string of the molecule is Cc1cc(O)ccc1C(=O)N1CCC(C(C)O)CC1. The Morgan fingerprint density at radius 3 is 2.53 bits per heavy atom. The van der Waals surface area contributed by atoms with E-state index in [0.717, 1.165) is 18.4 Å². The van der Waals surface area contributed by atoms with Gasteiger partial charge in [-0.05, 0) is 56.4 Å². The number of hydrogen-bond acceptors (Lipinski definition) is 3. The summed E-state index contributed by atoms with van der Waals surface area (Å²) < 4.78 is 0. The third-order valence-electron chi connectivity index (χ3n) is 3.95. The molecule has 1 heterocycles. The predicted octanol–water partition coefficient (Wildman–Crippen LogP) is 1.93. The van der Waals surface area contributed by atoms with Crippen LogP contribution < -0.4 is 0 Å². The molecule has 1 amide bonds. The van der Waals surface area contributed by atoms with Crippen LogP contribution in [0.3, 0.4) is 0 Å². The number of rotatable bonds is 2. The lowest BCUT2D eigenvalue weighted by Crippen LogP contribution is -2.40. The number of aryl methyl sites for hydroxylation is 1. The van der Waals surface area contributed by atoms with E-state index >= 15 is 0 Å². The van der Waals surface area contributed by atoms with Crippen molar-refractivity contribution in [1.82, 2.24) is 4.90 Å². The smallest absolute Gasteiger partial charge is 0.254 e. The maximum Gasteiger partial charge on any atom is 0.254 e. The van der Waals surface area contributed by atoms with E-state index in [1.165, 1.54) is 0 Å². The third-order valence-corrected chi connectivity index (χ3v) is 3.95. The summed E-state index contributed by atoms with van der Waals surface area (Å²) in [5.74, 6) is 0.494. The summed E-state index contributed by atoms with van der Waals surface area (Å²) in [5.41, 5.74) is 1.44. The summed E-state index contributed by atoms with van der Waals surface area (Å²) in [6.45, 7) is 5.02. The zero-order valence-electron chi connectivity index (χ0n) is 11.5. The first-order valence-corrected chi connectivity index (χ1v) is 6.76. The molecule has 0 spiro atoms. The number of piperidine rings is 1. The second-order valence-corrected chi connectivity index (χ2v) is 5.37. The fourth-order valence-electron chi connectivity index (χ4n) is 2.64. The lowest BCUT2D eigenvalue weighted by atomic mass is 9.91. The first-order chi connectivity index (χ1) is 8.99. The molecular formula is C15H21NO3. The first kappa shape index (κ1) is 13.9. The molecular weight excluding hydrogens is 242 g/mol. The molecule has 1 fully saturated rings. The Morgan fingerprint density at radius 2 is 2.00 bits per heavy atom. The minimum atomic E-state index is -0.298. The van der Waals surface area contributed by atoms with Crippen LogP contribution in [0, 0.1) is 12.8 Å². The van der Waals surface area contributed by atoms with Crippen LogP contribution in [0.2, 0.25) is 0 Å². The molecule has 1 atom stereocenters. The average molecular weight is 263 g/mol. The summed E-state index contributed by atoms with van der Waals surface area (Å²) in [5, 5.41) is 18.9. The van der Waals surface area contributed by atoms with Crippen molar-refractivity contribution >= 4 is 5.91 Å². The standard InChI is InChI=1S/C15H21NO3/c1-10-9-13(18)3-4-14(10)15(19)16-7-5-12(6-8-16)11(2)17/h3-4,9,11-12,17-18H,5-8H2,1-2H3. The number of carbonyl (C=O) groups excluding carboxylic acids is 1. The normalized spacial score (nSPS) is 18.4. The van der Waals surface area contributed by atoms with Crippen LogP contribution in [0.1, 0.15) is 35.7 Å². The highest BCUT2D eigenvalue weighted by atomic mass is 16.3. The first-order valence-electron chi connectivity index (χ1n) is 6.76. The van der Waals surface area contributed by atoms with Gasteiger partial charge >= 0.3 is 0 Å². The number of likely N-dealkylation sites (tertiary alicyclic amines) is 1. The van der Waals surface area contributed by atoms with Crippen molar-refractivity contribution in [3.05, 3.63) is 29.3 Å². The van der Waals surface area contributed by atoms with Crippen LogP contribution in [-0.2, 0) is 0 Å². The highest BCUT2D eigenvalue weighted by Crippen LogP contribution is 2.23. The molecule has 1 unspecified atom stereocenters. The Hall–Kier alpha value is -1.55. The van der Waals surface area contributed by atoms with Crippen molar-refractivity contribution in [2.75, 3.05) is 13.1 Å². The van der Waals surface area contributed by atoms with Gasteiger partial charge in [-0.2, -0.15) is 0 Å². The molecule has 0 aliphatic carbocycles. The van der Waals surface area contributed by atoms with Gasteiger partial charge in [0, 0.05) is 18.7 Å². The van der Waals surface area contributed by atoms with Crippen molar-refractivity contribution in [2.24, 2.45) is 5.92 Å². The van der Waals surface area contributed by atoms with Crippen LogP contribution in [0.15, 0.2) is 18.2 Å². The zero-order valence-corrected chi connectivity index (χ0v) is 11.5. The number of aliphatic hydroxyl groups excluding tert-OH is 1. The van der Waals surface area contributed by atoms with E-state index in [1.807, 2.05) is 18.7 Å². The predicted molar refractivity (Wildman–Crippen MR) is 73.2 cm³/mol. The van der Waals surface area contributed by atoms with Gasteiger partial charge in [0.2, 0.25) is 0 Å². The number of carbonyl (C=O) groups is 1. The lowest BCUT2D eigenvalue weighted by Gasteiger charge is -2.33. The average Bonchev–Trinajstić information content (AvgIpc) is 2.38. The van der Waals surface area contributed by atoms with E-state index in [1.54, 1.807) is 18.2 Å². The summed E-state index contributed by atoms with van der Waals surface area (Å²) in [7, 11) is 0. The number of benzene rings is 1. The molecule has 0 radical (unpaired) electrons. The van der Waals surface area contributed by atoms with Crippen molar-refractivity contribution in [1.29, 1.82) is 0 Å². The quantitative estimate of drug-likeness (QED) is 0.857. The monoisotopic (exact) mass is 263 g/mol. The molecule has 0 saturated carbocycles. The molecule has 0 aromatic heterocycles. The van der Waals surface area contributed by atoms with E-state index in [4.69, 9.17) is 0 Å². The number of aliphatic hydroxyl groups is 1. The number of nitrogens with zero attached hydrogens (tertiary/aromatic N) is 1. The highest BCUT2D eigenvalue weighted by molar-refractivity contribution is 5.95. The summed E-state index contributed by atoms with van der Waals surface area (Å²) in [6, 6.07) is 4.83. The van der Waals surface area contributed by atoms with Crippen LogP contribution in [0.4, 0.5) is 0 Å². The topological polar surface area (TPSA) is 60.8 Å². The molecule has 1 saturated heterocycles. The van der Waals surface area contributed by atoms with Gasteiger partial charge < -0.3 is 15.1 Å². The molecule has 104 valence electrons. The van der Waals surface area contributed by atoms with Gasteiger partial charge in [-0.3, -0.25) is 4.79 Å².